The lowest BCUT2D eigenvalue weighted by atomic mass is 10.2. The van der Waals surface area contributed by atoms with Crippen molar-refractivity contribution in [2.24, 2.45) is 0 Å². The van der Waals surface area contributed by atoms with Crippen molar-refractivity contribution in [1.82, 2.24) is 10.1 Å². The number of carbonyl (C=O) groups excluding carboxylic acids is 1. The Kier molecular flexibility index (Phi) is 7.46. The number of hydrogen-bond acceptors (Lipinski definition) is 6. The Hall–Kier alpha value is -2.35. The van der Waals surface area contributed by atoms with Crippen LogP contribution < -0.4 is 5.32 Å². The van der Waals surface area contributed by atoms with E-state index in [1.807, 2.05) is 24.3 Å². The molecule has 134 valence electrons. The van der Waals surface area contributed by atoms with Gasteiger partial charge in [-0.3, -0.25) is 9.59 Å². The maximum Gasteiger partial charge on any atom is 0.304 e. The molecule has 0 aliphatic heterocycles. The van der Waals surface area contributed by atoms with Gasteiger partial charge in [-0.15, -0.1) is 0 Å². The van der Waals surface area contributed by atoms with Crippen molar-refractivity contribution in [3.05, 3.63) is 41.5 Å². The number of nitrogens with zero attached hydrogens (tertiary/aromatic N) is 2. The van der Waals surface area contributed by atoms with Crippen LogP contribution in [0.3, 0.4) is 0 Å². The van der Waals surface area contributed by atoms with E-state index < -0.39 is 5.97 Å². The zero-order valence-corrected chi connectivity index (χ0v) is 14.8. The molecule has 2 N–H and O–H groups in total. The van der Waals surface area contributed by atoms with Crippen LogP contribution in [0.25, 0.3) is 0 Å². The van der Waals surface area contributed by atoms with Crippen molar-refractivity contribution >= 4 is 29.3 Å². The summed E-state index contributed by atoms with van der Waals surface area (Å²) in [5.41, 5.74) is 1.80. The van der Waals surface area contributed by atoms with Crippen LogP contribution in [0.15, 0.2) is 28.8 Å². The first-order chi connectivity index (χ1) is 12.0. The summed E-state index contributed by atoms with van der Waals surface area (Å²) < 4.78 is 5.01. The van der Waals surface area contributed by atoms with E-state index in [1.165, 1.54) is 0 Å². The first-order valence-electron chi connectivity index (χ1n) is 8.00. The van der Waals surface area contributed by atoms with Crippen molar-refractivity contribution in [3.8, 4) is 0 Å². The summed E-state index contributed by atoms with van der Waals surface area (Å²) in [6.45, 7) is 1.76. The average Bonchev–Trinajstić information content (AvgIpc) is 2.97. The number of hydrogen-bond donors (Lipinski definition) is 2. The Labute approximate surface area is 150 Å². The fraction of sp³-hybridized carbons (Fsp3) is 0.412. The number of benzene rings is 1. The van der Waals surface area contributed by atoms with E-state index >= 15 is 0 Å². The van der Waals surface area contributed by atoms with E-state index in [2.05, 4.69) is 15.5 Å². The fourth-order valence-corrected chi connectivity index (χ4v) is 3.03. The normalized spacial score (nSPS) is 10.6. The summed E-state index contributed by atoms with van der Waals surface area (Å²) in [4.78, 5) is 26.6. The molecule has 0 spiro atoms. The highest BCUT2D eigenvalue weighted by Gasteiger charge is 2.07. The van der Waals surface area contributed by atoms with Gasteiger partial charge < -0.3 is 14.9 Å². The van der Waals surface area contributed by atoms with Gasteiger partial charge in [-0.1, -0.05) is 17.3 Å². The van der Waals surface area contributed by atoms with E-state index in [9.17, 15) is 9.59 Å². The molecule has 2 aromatic rings. The van der Waals surface area contributed by atoms with Crippen molar-refractivity contribution < 1.29 is 19.2 Å². The molecule has 0 aliphatic rings. The number of nitrogens with one attached hydrogen (secondary N) is 1. The molecule has 1 heterocycles. The van der Waals surface area contributed by atoms with Crippen LogP contribution in [-0.2, 0) is 21.8 Å². The smallest absolute Gasteiger partial charge is 0.304 e. The molecule has 2 rings (SSSR count). The minimum absolute atomic E-state index is 0.0630. The monoisotopic (exact) mass is 363 g/mol. The standard InChI is InChI=1S/C17H21N3O4S/c1-12-18-16(24-20-12)7-3-6-15(21)19-14-5-2-4-13(10-14)11-25-9-8-17(22)23/h2,4-5,10H,3,6-9,11H2,1H3,(H,19,21)(H,22,23). The first-order valence-corrected chi connectivity index (χ1v) is 9.16. The predicted molar refractivity (Wildman–Crippen MR) is 95.5 cm³/mol. The van der Waals surface area contributed by atoms with Gasteiger partial charge in [-0.25, -0.2) is 0 Å². The Balaban J connectivity index is 1.72. The van der Waals surface area contributed by atoms with Crippen molar-refractivity contribution in [2.45, 2.75) is 38.4 Å². The number of carboxylic acids is 1. The number of thioether (sulfide) groups is 1. The number of aryl methyl sites for hydroxylation is 2. The highest BCUT2D eigenvalue weighted by Crippen LogP contribution is 2.17. The Morgan fingerprint density at radius 1 is 1.32 bits per heavy atom. The molecule has 1 aromatic carbocycles. The van der Waals surface area contributed by atoms with Crippen LogP contribution in [0.5, 0.6) is 0 Å². The van der Waals surface area contributed by atoms with Crippen molar-refractivity contribution in [3.63, 3.8) is 0 Å². The van der Waals surface area contributed by atoms with Gasteiger partial charge in [0.05, 0.1) is 6.42 Å². The summed E-state index contributed by atoms with van der Waals surface area (Å²) in [7, 11) is 0. The quantitative estimate of drug-likeness (QED) is 0.625. The molecule has 8 heteroatoms. The second-order valence-corrected chi connectivity index (χ2v) is 6.64. The van der Waals surface area contributed by atoms with Crippen LogP contribution in [0.2, 0.25) is 0 Å². The molecule has 0 fully saturated rings. The minimum Gasteiger partial charge on any atom is -0.481 e. The second-order valence-electron chi connectivity index (χ2n) is 5.53. The van der Waals surface area contributed by atoms with Gasteiger partial charge >= 0.3 is 5.97 Å². The minimum atomic E-state index is -0.788. The molecule has 0 unspecified atom stereocenters. The lowest BCUT2D eigenvalue weighted by molar-refractivity contribution is -0.136. The number of anilines is 1. The maximum atomic E-state index is 12.0. The SMILES string of the molecule is Cc1noc(CCCC(=O)Nc2cccc(CSCCC(=O)O)c2)n1. The molecule has 25 heavy (non-hydrogen) atoms. The zero-order chi connectivity index (χ0) is 18.1. The molecule has 7 nitrogen and oxygen atoms in total. The maximum absolute atomic E-state index is 12.0. The molecular formula is C17H21N3O4S. The Morgan fingerprint density at radius 2 is 2.16 bits per heavy atom. The van der Waals surface area contributed by atoms with Gasteiger partial charge in [-0.2, -0.15) is 16.7 Å². The third-order valence-corrected chi connectivity index (χ3v) is 4.33. The molecule has 0 atom stereocenters. The first kappa shape index (κ1) is 19.0. The van der Waals surface area contributed by atoms with Crippen molar-refractivity contribution in [1.29, 1.82) is 0 Å². The zero-order valence-electron chi connectivity index (χ0n) is 14.0. The summed E-state index contributed by atoms with van der Waals surface area (Å²) in [6, 6.07) is 7.59. The molecule has 0 radical (unpaired) electrons. The van der Waals surface area contributed by atoms with Gasteiger partial charge in [0.25, 0.3) is 0 Å². The van der Waals surface area contributed by atoms with E-state index in [0.29, 0.717) is 42.5 Å². The highest BCUT2D eigenvalue weighted by atomic mass is 32.2. The summed E-state index contributed by atoms with van der Waals surface area (Å²) in [5.74, 6) is 1.58. The Bertz CT molecular complexity index is 717. The van der Waals surface area contributed by atoms with Crippen molar-refractivity contribution in [2.75, 3.05) is 11.1 Å². The summed E-state index contributed by atoms with van der Waals surface area (Å²) >= 11 is 1.56. The lowest BCUT2D eigenvalue weighted by Gasteiger charge is -2.07. The third-order valence-electron chi connectivity index (χ3n) is 3.30. The topological polar surface area (TPSA) is 105 Å². The number of rotatable bonds is 10. The average molecular weight is 363 g/mol. The molecule has 1 aromatic heterocycles. The van der Waals surface area contributed by atoms with E-state index in [4.69, 9.17) is 9.63 Å². The molecule has 1 amide bonds. The van der Waals surface area contributed by atoms with Crippen LogP contribution in [0.4, 0.5) is 5.69 Å². The molecule has 0 saturated heterocycles. The third kappa shape index (κ3) is 7.38. The van der Waals surface area contributed by atoms with Gasteiger partial charge in [0.15, 0.2) is 5.82 Å². The van der Waals surface area contributed by atoms with Crippen LogP contribution >= 0.6 is 11.8 Å². The number of carboxylic acid groups (broad SMARTS) is 1. The molecule has 0 saturated carbocycles. The predicted octanol–water partition coefficient (Wildman–Crippen LogP) is 3.05. The van der Waals surface area contributed by atoms with E-state index in [1.54, 1.807) is 18.7 Å². The number of amides is 1. The van der Waals surface area contributed by atoms with Crippen LogP contribution in [0, 0.1) is 6.92 Å². The van der Waals surface area contributed by atoms with Crippen LogP contribution in [-0.4, -0.2) is 32.9 Å². The summed E-state index contributed by atoms with van der Waals surface area (Å²) in [5, 5.41) is 15.2. The number of carbonyl (C=O) groups is 2. The summed E-state index contributed by atoms with van der Waals surface area (Å²) in [6.07, 6.45) is 1.74. The molecular weight excluding hydrogens is 342 g/mol. The molecule has 0 aliphatic carbocycles. The lowest BCUT2D eigenvalue weighted by Crippen LogP contribution is -2.11. The van der Waals surface area contributed by atoms with Crippen LogP contribution in [0.1, 0.15) is 36.5 Å². The van der Waals surface area contributed by atoms with E-state index in [0.717, 1.165) is 11.3 Å². The number of aliphatic carboxylic acids is 1. The molecule has 0 bridgehead atoms. The van der Waals surface area contributed by atoms with Gasteiger partial charge in [0, 0.05) is 30.0 Å². The number of aromatic nitrogens is 2. The largest absolute Gasteiger partial charge is 0.481 e. The van der Waals surface area contributed by atoms with Gasteiger partial charge in [-0.05, 0) is 31.0 Å². The highest BCUT2D eigenvalue weighted by molar-refractivity contribution is 7.98. The van der Waals surface area contributed by atoms with Gasteiger partial charge in [0.1, 0.15) is 0 Å². The van der Waals surface area contributed by atoms with Gasteiger partial charge in [0.2, 0.25) is 11.8 Å². The van der Waals surface area contributed by atoms with E-state index in [-0.39, 0.29) is 12.3 Å². The Morgan fingerprint density at radius 3 is 2.88 bits per heavy atom. The fourth-order valence-electron chi connectivity index (χ4n) is 2.15. The second kappa shape index (κ2) is 9.83.